The van der Waals surface area contributed by atoms with Gasteiger partial charge in [-0.05, 0) is 25.5 Å². The van der Waals surface area contributed by atoms with E-state index in [1.165, 1.54) is 11.3 Å². The zero-order chi connectivity index (χ0) is 13.0. The molecule has 0 radical (unpaired) electrons. The predicted molar refractivity (Wildman–Crippen MR) is 71.2 cm³/mol. The van der Waals surface area contributed by atoms with Crippen LogP contribution in [0.2, 0.25) is 0 Å². The summed E-state index contributed by atoms with van der Waals surface area (Å²) in [5.74, 6) is 0.301. The minimum absolute atomic E-state index is 0.301. The van der Waals surface area contributed by atoms with Gasteiger partial charge in [0.2, 0.25) is 10.0 Å². The topological polar surface area (TPSA) is 67.4 Å². The highest BCUT2D eigenvalue weighted by Gasteiger charge is 2.21. The van der Waals surface area contributed by atoms with Crippen LogP contribution < -0.4 is 10.0 Å². The molecule has 2 N–H and O–H groups in total. The van der Waals surface area contributed by atoms with Crippen molar-refractivity contribution in [2.75, 3.05) is 26.8 Å². The molecule has 1 aromatic heterocycles. The summed E-state index contributed by atoms with van der Waals surface area (Å²) in [6, 6.07) is 1.72. The highest BCUT2D eigenvalue weighted by molar-refractivity contribution is 7.89. The van der Waals surface area contributed by atoms with Gasteiger partial charge in [-0.25, -0.2) is 13.1 Å². The van der Waals surface area contributed by atoms with Gasteiger partial charge in [0.25, 0.3) is 0 Å². The van der Waals surface area contributed by atoms with Crippen LogP contribution >= 0.6 is 11.3 Å². The quantitative estimate of drug-likeness (QED) is 0.812. The van der Waals surface area contributed by atoms with E-state index >= 15 is 0 Å². The van der Waals surface area contributed by atoms with Crippen LogP contribution in [0.15, 0.2) is 16.3 Å². The molecule has 1 saturated heterocycles. The summed E-state index contributed by atoms with van der Waals surface area (Å²) in [5.41, 5.74) is 0. The Bertz CT molecular complexity index is 478. The van der Waals surface area contributed by atoms with Gasteiger partial charge >= 0.3 is 0 Å². The minimum atomic E-state index is -3.37. The highest BCUT2D eigenvalue weighted by Crippen LogP contribution is 2.19. The molecule has 0 aromatic carbocycles. The summed E-state index contributed by atoms with van der Waals surface area (Å²) < 4.78 is 32.0. The van der Waals surface area contributed by atoms with Crippen molar-refractivity contribution in [3.63, 3.8) is 0 Å². The number of rotatable bonds is 6. The molecule has 5 nitrogen and oxygen atoms in total. The summed E-state index contributed by atoms with van der Waals surface area (Å²) in [5, 5.41) is 4.68. The van der Waals surface area contributed by atoms with E-state index in [9.17, 15) is 8.42 Å². The number of thiophene rings is 1. The fraction of sp³-hybridized carbons (Fsp3) is 0.636. The van der Waals surface area contributed by atoms with Crippen molar-refractivity contribution >= 4 is 21.4 Å². The van der Waals surface area contributed by atoms with Gasteiger partial charge in [0.15, 0.2) is 0 Å². The summed E-state index contributed by atoms with van der Waals surface area (Å²) >= 11 is 1.45. The summed E-state index contributed by atoms with van der Waals surface area (Å²) in [7, 11) is -1.53. The van der Waals surface area contributed by atoms with Crippen LogP contribution in [0.3, 0.4) is 0 Å². The molecule has 1 aromatic rings. The molecule has 2 heterocycles. The van der Waals surface area contributed by atoms with Crippen molar-refractivity contribution in [2.45, 2.75) is 17.9 Å². The second kappa shape index (κ2) is 6.12. The molecule has 1 fully saturated rings. The Balaban J connectivity index is 1.95. The van der Waals surface area contributed by atoms with Crippen molar-refractivity contribution in [1.82, 2.24) is 10.0 Å². The first-order valence-electron chi connectivity index (χ1n) is 5.91. The van der Waals surface area contributed by atoms with Crippen LogP contribution in [-0.2, 0) is 21.3 Å². The maximum atomic E-state index is 12.0. The summed E-state index contributed by atoms with van der Waals surface area (Å²) in [6.45, 7) is 2.53. The SMILES string of the molecule is CNCc1cc(S(=O)(=O)NCC2CCOC2)cs1. The largest absolute Gasteiger partial charge is 0.381 e. The zero-order valence-corrected chi connectivity index (χ0v) is 11.9. The Hall–Kier alpha value is -0.470. The molecule has 1 unspecified atom stereocenters. The van der Waals surface area contributed by atoms with Gasteiger partial charge in [0.1, 0.15) is 0 Å². The molecule has 102 valence electrons. The standard InChI is InChI=1S/C11H18N2O3S2/c1-12-6-10-4-11(8-17-10)18(14,15)13-5-9-2-3-16-7-9/h4,8-9,12-13H,2-3,5-7H2,1H3. The van der Waals surface area contributed by atoms with E-state index in [4.69, 9.17) is 4.74 Å². The number of ether oxygens (including phenoxy) is 1. The Morgan fingerprint density at radius 2 is 2.39 bits per heavy atom. The van der Waals surface area contributed by atoms with E-state index < -0.39 is 10.0 Å². The molecule has 0 spiro atoms. The van der Waals surface area contributed by atoms with Crippen LogP contribution in [0.25, 0.3) is 0 Å². The van der Waals surface area contributed by atoms with Gasteiger partial charge in [-0.2, -0.15) is 0 Å². The highest BCUT2D eigenvalue weighted by atomic mass is 32.2. The van der Waals surface area contributed by atoms with Crippen molar-refractivity contribution in [3.8, 4) is 0 Å². The summed E-state index contributed by atoms with van der Waals surface area (Å²) in [4.78, 5) is 1.37. The Labute approximate surface area is 112 Å². The lowest BCUT2D eigenvalue weighted by Crippen LogP contribution is -2.29. The van der Waals surface area contributed by atoms with E-state index in [0.29, 0.717) is 30.5 Å². The zero-order valence-electron chi connectivity index (χ0n) is 10.3. The molecule has 2 rings (SSSR count). The van der Waals surface area contributed by atoms with Crippen LogP contribution in [0.4, 0.5) is 0 Å². The van der Waals surface area contributed by atoms with Crippen LogP contribution in [0.1, 0.15) is 11.3 Å². The van der Waals surface area contributed by atoms with Gasteiger partial charge in [0.05, 0.1) is 11.5 Å². The van der Waals surface area contributed by atoms with Gasteiger partial charge in [-0.1, -0.05) is 0 Å². The minimum Gasteiger partial charge on any atom is -0.381 e. The van der Waals surface area contributed by atoms with Crippen molar-refractivity contribution in [2.24, 2.45) is 5.92 Å². The average molecular weight is 290 g/mol. The monoisotopic (exact) mass is 290 g/mol. The van der Waals surface area contributed by atoms with E-state index in [1.54, 1.807) is 11.4 Å². The maximum absolute atomic E-state index is 12.0. The Morgan fingerprint density at radius 1 is 1.56 bits per heavy atom. The van der Waals surface area contributed by atoms with E-state index in [-0.39, 0.29) is 0 Å². The average Bonchev–Trinajstić information content (AvgIpc) is 2.98. The molecular formula is C11H18N2O3S2. The Kier molecular flexibility index (Phi) is 4.74. The maximum Gasteiger partial charge on any atom is 0.241 e. The molecular weight excluding hydrogens is 272 g/mol. The number of nitrogens with one attached hydrogen (secondary N) is 2. The molecule has 18 heavy (non-hydrogen) atoms. The van der Waals surface area contributed by atoms with E-state index in [2.05, 4.69) is 10.0 Å². The number of hydrogen-bond acceptors (Lipinski definition) is 5. The van der Waals surface area contributed by atoms with Gasteiger partial charge in [-0.15, -0.1) is 11.3 Å². The van der Waals surface area contributed by atoms with E-state index in [0.717, 1.165) is 17.9 Å². The van der Waals surface area contributed by atoms with Crippen LogP contribution in [0, 0.1) is 5.92 Å². The molecule has 0 saturated carbocycles. The van der Waals surface area contributed by atoms with Gasteiger partial charge < -0.3 is 10.1 Å². The fourth-order valence-electron chi connectivity index (χ4n) is 1.82. The Morgan fingerprint density at radius 3 is 3.06 bits per heavy atom. The molecule has 1 aliphatic heterocycles. The van der Waals surface area contributed by atoms with Crippen molar-refractivity contribution in [3.05, 3.63) is 16.3 Å². The predicted octanol–water partition coefficient (Wildman–Crippen LogP) is 0.782. The van der Waals surface area contributed by atoms with E-state index in [1.807, 2.05) is 7.05 Å². The molecule has 1 aliphatic rings. The fourth-order valence-corrected chi connectivity index (χ4v) is 4.23. The lowest BCUT2D eigenvalue weighted by atomic mass is 10.1. The third kappa shape index (κ3) is 3.52. The molecule has 7 heteroatoms. The third-order valence-electron chi connectivity index (χ3n) is 2.88. The molecule has 0 amide bonds. The van der Waals surface area contributed by atoms with Crippen molar-refractivity contribution in [1.29, 1.82) is 0 Å². The molecule has 1 atom stereocenters. The lowest BCUT2D eigenvalue weighted by Gasteiger charge is -2.08. The first kappa shape index (κ1) is 14.0. The number of sulfonamides is 1. The first-order chi connectivity index (χ1) is 8.62. The van der Waals surface area contributed by atoms with Crippen LogP contribution in [0.5, 0.6) is 0 Å². The summed E-state index contributed by atoms with van der Waals surface area (Å²) in [6.07, 6.45) is 0.928. The second-order valence-electron chi connectivity index (χ2n) is 4.36. The first-order valence-corrected chi connectivity index (χ1v) is 8.27. The smallest absolute Gasteiger partial charge is 0.241 e. The van der Waals surface area contributed by atoms with Gasteiger partial charge in [0, 0.05) is 30.0 Å². The third-order valence-corrected chi connectivity index (χ3v) is 5.37. The molecule has 0 aliphatic carbocycles. The van der Waals surface area contributed by atoms with Gasteiger partial charge in [-0.3, -0.25) is 0 Å². The van der Waals surface area contributed by atoms with Crippen LogP contribution in [-0.4, -0.2) is 35.2 Å². The van der Waals surface area contributed by atoms with Crippen molar-refractivity contribution < 1.29 is 13.2 Å². The lowest BCUT2D eigenvalue weighted by molar-refractivity contribution is 0.186. The number of hydrogen-bond donors (Lipinski definition) is 2. The second-order valence-corrected chi connectivity index (χ2v) is 7.12. The normalized spacial score (nSPS) is 20.4. The molecule has 0 bridgehead atoms.